The van der Waals surface area contributed by atoms with E-state index in [0.29, 0.717) is 6.42 Å². The number of thiazole rings is 1. The summed E-state index contributed by atoms with van der Waals surface area (Å²) in [6, 6.07) is 14.1. The lowest BCUT2D eigenvalue weighted by molar-refractivity contribution is -0.115. The highest BCUT2D eigenvalue weighted by Gasteiger charge is 2.18. The maximum Gasteiger partial charge on any atom is 0.228 e. The van der Waals surface area contributed by atoms with Gasteiger partial charge in [-0.2, -0.15) is 0 Å². The summed E-state index contributed by atoms with van der Waals surface area (Å²) in [5.41, 5.74) is 4.37. The number of benzene rings is 2. The van der Waals surface area contributed by atoms with Crippen molar-refractivity contribution in [3.8, 4) is 10.4 Å². The Kier molecular flexibility index (Phi) is 4.91. The third kappa shape index (κ3) is 3.89. The molecule has 26 heavy (non-hydrogen) atoms. The van der Waals surface area contributed by atoms with Crippen LogP contribution in [0.1, 0.15) is 17.5 Å². The van der Waals surface area contributed by atoms with Crippen LogP contribution in [-0.2, 0) is 17.6 Å². The topological polar surface area (TPSA) is 54.0 Å². The number of fused-ring (bicyclic) bond motifs is 1. The van der Waals surface area contributed by atoms with Crippen LogP contribution in [0, 0.1) is 0 Å². The van der Waals surface area contributed by atoms with E-state index in [0.717, 1.165) is 51.2 Å². The van der Waals surface area contributed by atoms with Crippen molar-refractivity contribution in [2.24, 2.45) is 0 Å². The summed E-state index contributed by atoms with van der Waals surface area (Å²) in [4.78, 5) is 17.0. The Balaban J connectivity index is 1.33. The van der Waals surface area contributed by atoms with Crippen LogP contribution in [0.2, 0.25) is 5.02 Å². The quantitative estimate of drug-likeness (QED) is 0.589. The normalized spacial score (nSPS) is 12.7. The number of nitrogens with zero attached hydrogens (tertiary/aromatic N) is 1. The molecule has 132 valence electrons. The van der Waals surface area contributed by atoms with Crippen molar-refractivity contribution in [3.05, 3.63) is 64.8 Å². The van der Waals surface area contributed by atoms with E-state index in [4.69, 9.17) is 11.6 Å². The van der Waals surface area contributed by atoms with Crippen molar-refractivity contribution in [3.63, 3.8) is 0 Å². The molecule has 2 heterocycles. The number of rotatable bonds is 6. The van der Waals surface area contributed by atoms with E-state index in [1.165, 1.54) is 5.56 Å². The van der Waals surface area contributed by atoms with Crippen molar-refractivity contribution in [2.45, 2.75) is 19.3 Å². The zero-order chi connectivity index (χ0) is 17.9. The smallest absolute Gasteiger partial charge is 0.228 e. The molecule has 2 N–H and O–H groups in total. The molecule has 1 aliphatic rings. The van der Waals surface area contributed by atoms with Gasteiger partial charge >= 0.3 is 0 Å². The van der Waals surface area contributed by atoms with E-state index in [-0.39, 0.29) is 5.91 Å². The maximum atomic E-state index is 11.5. The zero-order valence-electron chi connectivity index (χ0n) is 14.1. The number of aryl methyl sites for hydroxylation is 1. The van der Waals surface area contributed by atoms with Crippen molar-refractivity contribution < 1.29 is 4.79 Å². The predicted octanol–water partition coefficient (Wildman–Crippen LogP) is 5.00. The fourth-order valence-electron chi connectivity index (χ4n) is 3.01. The summed E-state index contributed by atoms with van der Waals surface area (Å²) >= 11 is 7.54. The van der Waals surface area contributed by atoms with Gasteiger partial charge in [-0.15, -0.1) is 0 Å². The molecule has 0 radical (unpaired) electrons. The number of anilines is 2. The Morgan fingerprint density at radius 1 is 1.19 bits per heavy atom. The van der Waals surface area contributed by atoms with Crippen LogP contribution in [-0.4, -0.2) is 17.4 Å². The molecule has 1 aromatic heterocycles. The molecule has 4 rings (SSSR count). The Bertz CT molecular complexity index is 936. The number of halogens is 1. The Morgan fingerprint density at radius 2 is 2.04 bits per heavy atom. The van der Waals surface area contributed by atoms with Crippen molar-refractivity contribution in [1.29, 1.82) is 0 Å². The highest BCUT2D eigenvalue weighted by atomic mass is 35.5. The molecule has 2 aromatic carbocycles. The molecule has 0 spiro atoms. The van der Waals surface area contributed by atoms with E-state index >= 15 is 0 Å². The van der Waals surface area contributed by atoms with Gasteiger partial charge in [-0.1, -0.05) is 41.1 Å². The highest BCUT2D eigenvalue weighted by Crippen LogP contribution is 2.33. The average molecular weight is 384 g/mol. The van der Waals surface area contributed by atoms with E-state index in [1.54, 1.807) is 11.3 Å². The SMILES string of the molecule is O=C1Cc2cc(-c3cnc(NCCCc4ccc(Cl)cc4)s3)ccc2N1. The summed E-state index contributed by atoms with van der Waals surface area (Å²) < 4.78 is 0. The van der Waals surface area contributed by atoms with Crippen LogP contribution < -0.4 is 10.6 Å². The first kappa shape index (κ1) is 17.1. The minimum atomic E-state index is 0.0597. The molecule has 1 amide bonds. The van der Waals surface area contributed by atoms with Gasteiger partial charge in [0.05, 0.1) is 11.3 Å². The van der Waals surface area contributed by atoms with Crippen LogP contribution in [0.25, 0.3) is 10.4 Å². The third-order valence-corrected chi connectivity index (χ3v) is 5.61. The molecule has 3 aromatic rings. The van der Waals surface area contributed by atoms with Crippen LogP contribution >= 0.6 is 22.9 Å². The van der Waals surface area contributed by atoms with E-state index in [1.807, 2.05) is 30.5 Å². The first-order valence-electron chi connectivity index (χ1n) is 8.55. The molecular formula is C20H18ClN3OS. The predicted molar refractivity (Wildman–Crippen MR) is 108 cm³/mol. The first-order valence-corrected chi connectivity index (χ1v) is 9.74. The van der Waals surface area contributed by atoms with Gasteiger partial charge in [-0.3, -0.25) is 4.79 Å². The van der Waals surface area contributed by atoms with Crippen molar-refractivity contribution >= 4 is 39.7 Å². The van der Waals surface area contributed by atoms with Gasteiger partial charge in [-0.05, 0) is 53.8 Å². The minimum absolute atomic E-state index is 0.0597. The van der Waals surface area contributed by atoms with E-state index < -0.39 is 0 Å². The molecule has 0 fully saturated rings. The van der Waals surface area contributed by atoms with E-state index in [2.05, 4.69) is 33.8 Å². The van der Waals surface area contributed by atoms with E-state index in [9.17, 15) is 4.79 Å². The van der Waals surface area contributed by atoms with Crippen LogP contribution in [0.15, 0.2) is 48.7 Å². The molecule has 0 saturated carbocycles. The lowest BCUT2D eigenvalue weighted by Gasteiger charge is -2.03. The largest absolute Gasteiger partial charge is 0.361 e. The van der Waals surface area contributed by atoms with Gasteiger partial charge in [0.15, 0.2) is 5.13 Å². The summed E-state index contributed by atoms with van der Waals surface area (Å²) in [7, 11) is 0. The van der Waals surface area contributed by atoms with Gasteiger partial charge < -0.3 is 10.6 Å². The molecule has 0 bridgehead atoms. The second-order valence-electron chi connectivity index (χ2n) is 6.28. The molecular weight excluding hydrogens is 366 g/mol. The van der Waals surface area contributed by atoms with Gasteiger partial charge in [0.25, 0.3) is 0 Å². The van der Waals surface area contributed by atoms with Gasteiger partial charge in [0, 0.05) is 23.5 Å². The fourth-order valence-corrected chi connectivity index (χ4v) is 3.97. The summed E-state index contributed by atoms with van der Waals surface area (Å²) in [5.74, 6) is 0.0597. The van der Waals surface area contributed by atoms with Gasteiger partial charge in [0.1, 0.15) is 0 Å². The summed E-state index contributed by atoms with van der Waals surface area (Å²) in [6.45, 7) is 0.873. The molecule has 0 atom stereocenters. The molecule has 0 unspecified atom stereocenters. The first-order chi connectivity index (χ1) is 12.7. The maximum absolute atomic E-state index is 11.5. The Hall–Kier alpha value is -2.37. The van der Waals surface area contributed by atoms with Gasteiger partial charge in [0.2, 0.25) is 5.91 Å². The lowest BCUT2D eigenvalue weighted by Crippen LogP contribution is -2.03. The number of hydrogen-bond acceptors (Lipinski definition) is 4. The zero-order valence-corrected chi connectivity index (χ0v) is 15.7. The molecule has 1 aliphatic heterocycles. The van der Waals surface area contributed by atoms with Crippen LogP contribution in [0.3, 0.4) is 0 Å². The van der Waals surface area contributed by atoms with Crippen molar-refractivity contribution in [2.75, 3.05) is 17.2 Å². The fraction of sp³-hybridized carbons (Fsp3) is 0.200. The average Bonchev–Trinajstić information content (AvgIpc) is 3.25. The third-order valence-electron chi connectivity index (χ3n) is 4.35. The number of aromatic nitrogens is 1. The Morgan fingerprint density at radius 3 is 2.88 bits per heavy atom. The minimum Gasteiger partial charge on any atom is -0.361 e. The molecule has 0 saturated heterocycles. The van der Waals surface area contributed by atoms with Crippen molar-refractivity contribution in [1.82, 2.24) is 4.98 Å². The molecule has 6 heteroatoms. The number of hydrogen-bond donors (Lipinski definition) is 2. The standard InChI is InChI=1S/C20H18ClN3OS/c21-16-6-3-13(4-7-16)2-1-9-22-20-23-12-18(26-20)14-5-8-17-15(10-14)11-19(25)24-17/h3-8,10,12H,1-2,9,11H2,(H,22,23)(H,24,25). The second-order valence-corrected chi connectivity index (χ2v) is 7.75. The van der Waals surface area contributed by atoms with Gasteiger partial charge in [-0.25, -0.2) is 4.98 Å². The molecule has 4 nitrogen and oxygen atoms in total. The monoisotopic (exact) mass is 383 g/mol. The Labute approximate surface area is 161 Å². The number of carbonyl (C=O) groups excluding carboxylic acids is 1. The molecule has 0 aliphatic carbocycles. The number of nitrogens with one attached hydrogen (secondary N) is 2. The van der Waals surface area contributed by atoms with Crippen LogP contribution in [0.4, 0.5) is 10.8 Å². The highest BCUT2D eigenvalue weighted by molar-refractivity contribution is 7.18. The summed E-state index contributed by atoms with van der Waals surface area (Å²) in [5, 5.41) is 7.95. The van der Waals surface area contributed by atoms with Crippen LogP contribution in [0.5, 0.6) is 0 Å². The summed E-state index contributed by atoms with van der Waals surface area (Å²) in [6.07, 6.45) is 4.38. The number of amides is 1. The lowest BCUT2D eigenvalue weighted by atomic mass is 10.1. The second kappa shape index (κ2) is 7.48. The number of carbonyl (C=O) groups is 1.